The number of H-pyrrole nitrogens is 1. The number of allylic oxidation sites excluding steroid dienone is 1. The summed E-state index contributed by atoms with van der Waals surface area (Å²) in [5.41, 5.74) is 2.24. The van der Waals surface area contributed by atoms with Crippen molar-refractivity contribution >= 4 is 12.0 Å². The average Bonchev–Trinajstić information content (AvgIpc) is 3.26. The number of carbonyl (C=O) groups excluding carboxylic acids is 1. The maximum Gasteiger partial charge on any atom is 0.222 e. The van der Waals surface area contributed by atoms with Gasteiger partial charge in [-0.25, -0.2) is 4.98 Å². The van der Waals surface area contributed by atoms with Gasteiger partial charge in [0.25, 0.3) is 0 Å². The van der Waals surface area contributed by atoms with Gasteiger partial charge in [-0.05, 0) is 79.1 Å². The lowest BCUT2D eigenvalue weighted by Crippen LogP contribution is -2.61. The van der Waals surface area contributed by atoms with Crippen molar-refractivity contribution in [3.63, 3.8) is 0 Å². The predicted octanol–water partition coefficient (Wildman–Crippen LogP) is 4.90. The highest BCUT2D eigenvalue weighted by Gasteiger charge is 2.61. The smallest absolute Gasteiger partial charge is 0.222 e. The number of aromatic amines is 1. The second-order valence-electron chi connectivity index (χ2n) is 10.6. The summed E-state index contributed by atoms with van der Waals surface area (Å²) in [7, 11) is 2.06. The molecule has 4 aliphatic rings. The molecule has 4 fully saturated rings. The van der Waals surface area contributed by atoms with Gasteiger partial charge in [-0.15, -0.1) is 0 Å². The summed E-state index contributed by atoms with van der Waals surface area (Å²) in [6, 6.07) is 0.455. The predicted molar refractivity (Wildman–Crippen MR) is 111 cm³/mol. The molecule has 0 bridgehead atoms. The fourth-order valence-corrected chi connectivity index (χ4v) is 8.15. The van der Waals surface area contributed by atoms with Gasteiger partial charge in [-0.1, -0.05) is 26.3 Å². The van der Waals surface area contributed by atoms with Gasteiger partial charge in [-0.2, -0.15) is 0 Å². The molecular weight excluding hydrogens is 346 g/mol. The van der Waals surface area contributed by atoms with Crippen molar-refractivity contribution < 1.29 is 4.79 Å². The quantitative estimate of drug-likeness (QED) is 0.752. The second kappa shape index (κ2) is 6.21. The average molecular weight is 382 g/mol. The minimum Gasteiger partial charge on any atom is -0.345 e. The Labute approximate surface area is 169 Å². The molecule has 2 heterocycles. The Morgan fingerprint density at radius 2 is 2.04 bits per heavy atom. The number of nitrogens with zero attached hydrogens (tertiary/aromatic N) is 2. The number of rotatable bonds is 1. The molecular formula is C24H35N3O. The molecule has 152 valence electrons. The number of piperidine rings is 1. The molecule has 5 rings (SSSR count). The summed E-state index contributed by atoms with van der Waals surface area (Å²) in [5.74, 6) is 4.37. The van der Waals surface area contributed by atoms with E-state index in [4.69, 9.17) is 0 Å². The minimum atomic E-state index is 0.309. The van der Waals surface area contributed by atoms with E-state index in [0.29, 0.717) is 28.7 Å². The van der Waals surface area contributed by atoms with Crippen LogP contribution in [0.5, 0.6) is 0 Å². The highest BCUT2D eigenvalue weighted by atomic mass is 16.2. The molecule has 1 aromatic rings. The molecule has 7 atom stereocenters. The molecule has 1 N–H and O–H groups in total. The van der Waals surface area contributed by atoms with Crippen LogP contribution in [-0.2, 0) is 4.79 Å². The first-order valence-corrected chi connectivity index (χ1v) is 11.3. The van der Waals surface area contributed by atoms with Crippen molar-refractivity contribution in [2.75, 3.05) is 7.05 Å². The van der Waals surface area contributed by atoms with Crippen LogP contribution in [-0.4, -0.2) is 33.9 Å². The van der Waals surface area contributed by atoms with Gasteiger partial charge in [0.2, 0.25) is 5.91 Å². The molecule has 28 heavy (non-hydrogen) atoms. The maximum atomic E-state index is 12.3. The monoisotopic (exact) mass is 381 g/mol. The Bertz CT molecular complexity index is 799. The van der Waals surface area contributed by atoms with E-state index in [1.54, 1.807) is 5.57 Å². The Balaban J connectivity index is 1.47. The maximum absolute atomic E-state index is 12.3. The highest BCUT2D eigenvalue weighted by molar-refractivity contribution is 5.77. The largest absolute Gasteiger partial charge is 0.345 e. The number of imidazole rings is 1. The first-order valence-electron chi connectivity index (χ1n) is 11.3. The minimum absolute atomic E-state index is 0.309. The molecule has 1 aliphatic heterocycles. The third-order valence-corrected chi connectivity index (χ3v) is 9.56. The summed E-state index contributed by atoms with van der Waals surface area (Å²) >= 11 is 0. The number of amides is 1. The lowest BCUT2D eigenvalue weighted by molar-refractivity contribution is -0.156. The Morgan fingerprint density at radius 3 is 2.79 bits per heavy atom. The molecule has 3 saturated carbocycles. The molecule has 2 unspecified atom stereocenters. The van der Waals surface area contributed by atoms with E-state index in [2.05, 4.69) is 48.8 Å². The van der Waals surface area contributed by atoms with Crippen molar-refractivity contribution in [1.82, 2.24) is 14.9 Å². The zero-order chi connectivity index (χ0) is 19.7. The number of likely N-dealkylation sites (tertiary alicyclic amines) is 1. The lowest BCUT2D eigenvalue weighted by atomic mass is 9.47. The van der Waals surface area contributed by atoms with E-state index < -0.39 is 0 Å². The van der Waals surface area contributed by atoms with Gasteiger partial charge >= 0.3 is 0 Å². The van der Waals surface area contributed by atoms with Crippen molar-refractivity contribution in [1.29, 1.82) is 0 Å². The molecule has 4 nitrogen and oxygen atoms in total. The van der Waals surface area contributed by atoms with Crippen LogP contribution in [0.4, 0.5) is 0 Å². The zero-order valence-electron chi connectivity index (χ0n) is 17.9. The number of hydrogen-bond donors (Lipinski definition) is 1. The SMILES string of the molecule is CC1C[C@H]2[C@@H]3CCC4N(C)C(=O)CC[C@]4(C)[C@@H]3CC[C@]2(C)C1=Cc1ncc[nH]1. The summed E-state index contributed by atoms with van der Waals surface area (Å²) in [5, 5.41) is 0. The number of hydrogen-bond acceptors (Lipinski definition) is 2. The molecule has 1 aromatic heterocycles. The van der Waals surface area contributed by atoms with E-state index in [1.165, 1.54) is 32.1 Å². The van der Waals surface area contributed by atoms with Crippen LogP contribution in [0.1, 0.15) is 71.5 Å². The summed E-state index contributed by atoms with van der Waals surface area (Å²) in [6.45, 7) is 7.48. The number of carbonyl (C=O) groups is 1. The van der Waals surface area contributed by atoms with Gasteiger partial charge in [0.1, 0.15) is 5.82 Å². The van der Waals surface area contributed by atoms with Crippen molar-refractivity contribution in [3.05, 3.63) is 23.8 Å². The van der Waals surface area contributed by atoms with E-state index >= 15 is 0 Å². The van der Waals surface area contributed by atoms with Crippen LogP contribution in [0.25, 0.3) is 6.08 Å². The van der Waals surface area contributed by atoms with E-state index in [9.17, 15) is 4.79 Å². The number of nitrogens with one attached hydrogen (secondary N) is 1. The van der Waals surface area contributed by atoms with E-state index in [0.717, 1.165) is 36.4 Å². The third kappa shape index (κ3) is 2.42. The first kappa shape index (κ1) is 18.4. The Hall–Kier alpha value is -1.58. The normalized spacial score (nSPS) is 47.0. The van der Waals surface area contributed by atoms with Crippen LogP contribution in [0.3, 0.4) is 0 Å². The zero-order valence-corrected chi connectivity index (χ0v) is 17.9. The standard InChI is InChI=1S/C24H35N3O/c1-15-13-19-16-5-6-20-24(3,10-8-22(28)27(20)4)17(16)7-9-23(19,2)18(15)14-21-25-11-12-26-21/h11-12,14-17,19-20H,5-10,13H2,1-4H3,(H,25,26)/t15?,16-,17-,19+,20?,23-,24-/m1/s1. The van der Waals surface area contributed by atoms with Crippen LogP contribution in [0.2, 0.25) is 0 Å². The number of aromatic nitrogens is 2. The summed E-state index contributed by atoms with van der Waals surface area (Å²) < 4.78 is 0. The summed E-state index contributed by atoms with van der Waals surface area (Å²) in [6.07, 6.45) is 14.4. The van der Waals surface area contributed by atoms with E-state index in [-0.39, 0.29) is 0 Å². The van der Waals surface area contributed by atoms with E-state index in [1.807, 2.05) is 12.4 Å². The van der Waals surface area contributed by atoms with Gasteiger partial charge in [-0.3, -0.25) is 4.79 Å². The molecule has 0 spiro atoms. The number of fused-ring (bicyclic) bond motifs is 5. The van der Waals surface area contributed by atoms with Crippen LogP contribution in [0, 0.1) is 34.5 Å². The summed E-state index contributed by atoms with van der Waals surface area (Å²) in [4.78, 5) is 22.2. The van der Waals surface area contributed by atoms with Crippen LogP contribution in [0.15, 0.2) is 18.0 Å². The van der Waals surface area contributed by atoms with Crippen LogP contribution < -0.4 is 0 Å². The Kier molecular flexibility index (Phi) is 4.09. The fourth-order valence-electron chi connectivity index (χ4n) is 8.15. The van der Waals surface area contributed by atoms with Crippen molar-refractivity contribution in [3.8, 4) is 0 Å². The van der Waals surface area contributed by atoms with Crippen LogP contribution >= 0.6 is 0 Å². The van der Waals surface area contributed by atoms with Crippen molar-refractivity contribution in [2.24, 2.45) is 34.5 Å². The molecule has 1 saturated heterocycles. The topological polar surface area (TPSA) is 49.0 Å². The second-order valence-corrected chi connectivity index (χ2v) is 10.6. The van der Waals surface area contributed by atoms with Gasteiger partial charge in [0.15, 0.2) is 0 Å². The molecule has 0 aromatic carbocycles. The van der Waals surface area contributed by atoms with Gasteiger partial charge < -0.3 is 9.88 Å². The highest BCUT2D eigenvalue weighted by Crippen LogP contribution is 2.67. The van der Waals surface area contributed by atoms with Gasteiger partial charge in [0, 0.05) is 31.9 Å². The molecule has 1 amide bonds. The molecule has 0 radical (unpaired) electrons. The van der Waals surface area contributed by atoms with Gasteiger partial charge in [0.05, 0.1) is 0 Å². The molecule has 4 heteroatoms. The molecule has 3 aliphatic carbocycles. The first-order chi connectivity index (χ1) is 13.3. The van der Waals surface area contributed by atoms with Crippen molar-refractivity contribution in [2.45, 2.75) is 71.8 Å². The fraction of sp³-hybridized carbons (Fsp3) is 0.750. The third-order valence-electron chi connectivity index (χ3n) is 9.56. The lowest BCUT2D eigenvalue weighted by Gasteiger charge is -2.61. The Morgan fingerprint density at radius 1 is 1.21 bits per heavy atom.